The summed E-state index contributed by atoms with van der Waals surface area (Å²) in [6.07, 6.45) is 3.49. The molecule has 0 radical (unpaired) electrons. The number of aromatic nitrogens is 2. The molecule has 0 aromatic carbocycles. The number of aromatic amines is 1. The molecule has 0 unspecified atom stereocenters. The van der Waals surface area contributed by atoms with Crippen molar-refractivity contribution in [3.05, 3.63) is 17.2 Å². The Kier molecular flexibility index (Phi) is 1.62. The zero-order valence-corrected chi connectivity index (χ0v) is 7.86. The maximum atomic E-state index is 10.8. The summed E-state index contributed by atoms with van der Waals surface area (Å²) >= 11 is 4.95. The number of imidazole rings is 1. The fourth-order valence-corrected chi connectivity index (χ4v) is 2.99. The number of hydrogen-bond acceptors (Lipinski definition) is 3. The fraction of sp³-hybridized carbons (Fsp3) is 0.500. The van der Waals surface area contributed by atoms with Crippen molar-refractivity contribution in [1.29, 1.82) is 0 Å². The molecule has 6 heteroatoms. The first-order chi connectivity index (χ1) is 5.58. The molecule has 0 aliphatic carbocycles. The lowest BCUT2D eigenvalue weighted by atomic mass is 10.4. The van der Waals surface area contributed by atoms with Gasteiger partial charge in [0, 0.05) is 12.4 Å². The highest BCUT2D eigenvalue weighted by molar-refractivity contribution is 7.92. The molecular formula is C6H8N2O2S2. The summed E-state index contributed by atoms with van der Waals surface area (Å²) < 4.78 is 24.1. The molecule has 1 N–H and O–H groups in total. The van der Waals surface area contributed by atoms with Crippen molar-refractivity contribution < 1.29 is 8.42 Å². The van der Waals surface area contributed by atoms with Gasteiger partial charge in [-0.3, -0.25) is 0 Å². The van der Waals surface area contributed by atoms with Gasteiger partial charge in [0.05, 0.1) is 17.5 Å². The summed E-state index contributed by atoms with van der Waals surface area (Å²) in [6, 6.07) is 0.0498. The zero-order chi connectivity index (χ0) is 8.77. The molecule has 1 fully saturated rings. The first-order valence-electron chi connectivity index (χ1n) is 3.54. The van der Waals surface area contributed by atoms with E-state index < -0.39 is 9.84 Å². The smallest absolute Gasteiger partial charge is 0.177 e. The van der Waals surface area contributed by atoms with Crippen LogP contribution in [0.2, 0.25) is 0 Å². The van der Waals surface area contributed by atoms with E-state index in [0.29, 0.717) is 4.77 Å². The second kappa shape index (κ2) is 2.43. The van der Waals surface area contributed by atoms with Gasteiger partial charge in [-0.15, -0.1) is 0 Å². The van der Waals surface area contributed by atoms with Crippen LogP contribution in [0.15, 0.2) is 12.4 Å². The maximum absolute atomic E-state index is 10.8. The molecule has 66 valence electrons. The van der Waals surface area contributed by atoms with Crippen LogP contribution < -0.4 is 0 Å². The van der Waals surface area contributed by atoms with Crippen LogP contribution in [0, 0.1) is 4.77 Å². The summed E-state index contributed by atoms with van der Waals surface area (Å²) in [5, 5.41) is 0. The molecule has 0 amide bonds. The predicted molar refractivity (Wildman–Crippen MR) is 47.3 cm³/mol. The third kappa shape index (κ3) is 1.21. The van der Waals surface area contributed by atoms with Gasteiger partial charge in [0.15, 0.2) is 14.6 Å². The lowest BCUT2D eigenvalue weighted by Gasteiger charge is -2.26. The van der Waals surface area contributed by atoms with E-state index in [4.69, 9.17) is 12.2 Å². The first kappa shape index (κ1) is 8.00. The third-order valence-electron chi connectivity index (χ3n) is 1.96. The van der Waals surface area contributed by atoms with Gasteiger partial charge in [0.1, 0.15) is 0 Å². The van der Waals surface area contributed by atoms with Crippen molar-refractivity contribution in [2.45, 2.75) is 6.04 Å². The van der Waals surface area contributed by atoms with Crippen molar-refractivity contribution in [3.63, 3.8) is 0 Å². The van der Waals surface area contributed by atoms with E-state index in [2.05, 4.69) is 4.98 Å². The molecular weight excluding hydrogens is 196 g/mol. The number of sulfone groups is 1. The average molecular weight is 204 g/mol. The summed E-state index contributed by atoms with van der Waals surface area (Å²) in [6.45, 7) is 0. The maximum Gasteiger partial charge on any atom is 0.177 e. The van der Waals surface area contributed by atoms with E-state index in [1.165, 1.54) is 0 Å². The Balaban J connectivity index is 2.27. The minimum absolute atomic E-state index is 0.0498. The largest absolute Gasteiger partial charge is 0.337 e. The number of hydrogen-bond donors (Lipinski definition) is 1. The van der Waals surface area contributed by atoms with Gasteiger partial charge in [-0.25, -0.2) is 8.42 Å². The normalized spacial score (nSPS) is 22.0. The third-order valence-corrected chi connectivity index (χ3v) is 4.08. The van der Waals surface area contributed by atoms with Crippen LogP contribution in [-0.2, 0) is 9.84 Å². The van der Waals surface area contributed by atoms with Gasteiger partial charge in [-0.1, -0.05) is 0 Å². The Morgan fingerprint density at radius 1 is 1.58 bits per heavy atom. The summed E-state index contributed by atoms with van der Waals surface area (Å²) in [5.74, 6) is 0.443. The van der Waals surface area contributed by atoms with Crippen molar-refractivity contribution in [2.24, 2.45) is 0 Å². The Bertz CT molecular complexity index is 430. The summed E-state index contributed by atoms with van der Waals surface area (Å²) in [7, 11) is -2.75. The van der Waals surface area contributed by atoms with Crippen LogP contribution >= 0.6 is 12.2 Å². The van der Waals surface area contributed by atoms with E-state index in [0.717, 1.165) is 0 Å². The quantitative estimate of drug-likeness (QED) is 0.678. The molecule has 12 heavy (non-hydrogen) atoms. The lowest BCUT2D eigenvalue weighted by Crippen LogP contribution is -2.37. The van der Waals surface area contributed by atoms with E-state index in [1.807, 2.05) is 0 Å². The highest BCUT2D eigenvalue weighted by atomic mass is 32.2. The number of H-pyrrole nitrogens is 1. The lowest BCUT2D eigenvalue weighted by molar-refractivity contribution is 0.504. The number of nitrogens with zero attached hydrogens (tertiary/aromatic N) is 1. The molecule has 4 nitrogen and oxygen atoms in total. The average Bonchev–Trinajstić information content (AvgIpc) is 2.30. The molecule has 0 spiro atoms. The molecule has 2 heterocycles. The van der Waals surface area contributed by atoms with E-state index in [9.17, 15) is 8.42 Å². The Morgan fingerprint density at radius 2 is 2.25 bits per heavy atom. The molecule has 2 rings (SSSR count). The highest BCUT2D eigenvalue weighted by Crippen LogP contribution is 2.23. The molecule has 0 saturated carbocycles. The van der Waals surface area contributed by atoms with E-state index in [1.54, 1.807) is 17.0 Å². The summed E-state index contributed by atoms with van der Waals surface area (Å²) in [5.41, 5.74) is 0. The van der Waals surface area contributed by atoms with Gasteiger partial charge >= 0.3 is 0 Å². The summed E-state index contributed by atoms with van der Waals surface area (Å²) in [4.78, 5) is 2.83. The van der Waals surface area contributed by atoms with Crippen LogP contribution in [0.1, 0.15) is 6.04 Å². The Morgan fingerprint density at radius 3 is 2.67 bits per heavy atom. The molecule has 0 bridgehead atoms. The molecule has 1 aliphatic heterocycles. The standard InChI is InChI=1S/C6H8N2O2S2/c9-12(10)3-5(4-12)8-2-1-7-6(8)11/h1-2,5H,3-4H2,(H,7,11). The fourth-order valence-electron chi connectivity index (χ4n) is 1.32. The van der Waals surface area contributed by atoms with Crippen molar-refractivity contribution in [3.8, 4) is 0 Å². The second-order valence-corrected chi connectivity index (χ2v) is 5.44. The monoisotopic (exact) mass is 204 g/mol. The van der Waals surface area contributed by atoms with E-state index in [-0.39, 0.29) is 17.5 Å². The predicted octanol–water partition coefficient (Wildman–Crippen LogP) is 0.515. The van der Waals surface area contributed by atoms with Gasteiger partial charge in [-0.2, -0.15) is 0 Å². The minimum atomic E-state index is -2.75. The van der Waals surface area contributed by atoms with Crippen LogP contribution in [0.5, 0.6) is 0 Å². The molecule has 1 aromatic rings. The number of nitrogens with one attached hydrogen (secondary N) is 1. The minimum Gasteiger partial charge on any atom is -0.337 e. The highest BCUT2D eigenvalue weighted by Gasteiger charge is 2.34. The van der Waals surface area contributed by atoms with Crippen molar-refractivity contribution in [1.82, 2.24) is 9.55 Å². The molecule has 1 aromatic heterocycles. The van der Waals surface area contributed by atoms with Gasteiger partial charge < -0.3 is 9.55 Å². The Hall–Kier alpha value is -0.620. The van der Waals surface area contributed by atoms with Crippen LogP contribution in [0.3, 0.4) is 0 Å². The first-order valence-corrected chi connectivity index (χ1v) is 5.77. The van der Waals surface area contributed by atoms with Crippen LogP contribution in [0.4, 0.5) is 0 Å². The molecule has 0 atom stereocenters. The van der Waals surface area contributed by atoms with Gasteiger partial charge in [0.2, 0.25) is 0 Å². The van der Waals surface area contributed by atoms with Crippen LogP contribution in [0.25, 0.3) is 0 Å². The number of rotatable bonds is 1. The molecule has 1 aliphatic rings. The second-order valence-electron chi connectivity index (χ2n) is 2.90. The van der Waals surface area contributed by atoms with Gasteiger partial charge in [-0.05, 0) is 12.2 Å². The topological polar surface area (TPSA) is 54.9 Å². The SMILES string of the molecule is O=S1(=O)CC(n2cc[nH]c2=S)C1. The molecule has 1 saturated heterocycles. The zero-order valence-electron chi connectivity index (χ0n) is 6.23. The van der Waals surface area contributed by atoms with E-state index >= 15 is 0 Å². The Labute approximate surface area is 75.1 Å². The van der Waals surface area contributed by atoms with Crippen LogP contribution in [-0.4, -0.2) is 29.5 Å². The van der Waals surface area contributed by atoms with Crippen molar-refractivity contribution in [2.75, 3.05) is 11.5 Å². The van der Waals surface area contributed by atoms with Crippen molar-refractivity contribution >= 4 is 22.1 Å². The van der Waals surface area contributed by atoms with Gasteiger partial charge in [0.25, 0.3) is 0 Å².